The van der Waals surface area contributed by atoms with E-state index in [1.165, 1.54) is 0 Å². The summed E-state index contributed by atoms with van der Waals surface area (Å²) in [6, 6.07) is 5.58. The second-order valence-corrected chi connectivity index (χ2v) is 5.20. The highest BCUT2D eigenvalue weighted by molar-refractivity contribution is 5.68. The maximum absolute atomic E-state index is 14.2. The van der Waals surface area contributed by atoms with Crippen molar-refractivity contribution in [1.29, 1.82) is 0 Å². The number of nitrogens with zero attached hydrogens (tertiary/aromatic N) is 1. The fourth-order valence-electron chi connectivity index (χ4n) is 2.41. The molecule has 3 heteroatoms. The summed E-state index contributed by atoms with van der Waals surface area (Å²) in [5.74, 6) is -0.178. The lowest BCUT2D eigenvalue weighted by Gasteiger charge is -2.10. The van der Waals surface area contributed by atoms with E-state index in [9.17, 15) is 4.39 Å². The van der Waals surface area contributed by atoms with E-state index in [0.717, 1.165) is 41.8 Å². The van der Waals surface area contributed by atoms with Crippen molar-refractivity contribution in [3.63, 3.8) is 0 Å². The highest BCUT2D eigenvalue weighted by atomic mass is 19.1. The minimum Gasteiger partial charge on any atom is -0.313 e. The third-order valence-corrected chi connectivity index (χ3v) is 3.27. The van der Waals surface area contributed by atoms with Gasteiger partial charge in [-0.25, -0.2) is 4.39 Å². The number of halogens is 1. The largest absolute Gasteiger partial charge is 0.313 e. The van der Waals surface area contributed by atoms with Crippen LogP contribution in [0.1, 0.15) is 30.0 Å². The zero-order chi connectivity index (χ0) is 14.5. The molecule has 2 rings (SSSR count). The van der Waals surface area contributed by atoms with Crippen molar-refractivity contribution < 1.29 is 4.39 Å². The molecule has 0 amide bonds. The van der Waals surface area contributed by atoms with Gasteiger partial charge in [-0.1, -0.05) is 13.0 Å². The van der Waals surface area contributed by atoms with Crippen molar-refractivity contribution >= 4 is 0 Å². The zero-order valence-electron chi connectivity index (χ0n) is 12.3. The van der Waals surface area contributed by atoms with Crippen LogP contribution in [0.5, 0.6) is 0 Å². The van der Waals surface area contributed by atoms with Gasteiger partial charge >= 0.3 is 0 Å². The second-order valence-electron chi connectivity index (χ2n) is 5.20. The minimum atomic E-state index is -0.178. The highest BCUT2D eigenvalue weighted by Gasteiger charge is 2.10. The summed E-state index contributed by atoms with van der Waals surface area (Å²) in [4.78, 5) is 4.24. The van der Waals surface area contributed by atoms with Crippen molar-refractivity contribution in [3.8, 4) is 11.1 Å². The van der Waals surface area contributed by atoms with Crippen LogP contribution < -0.4 is 5.32 Å². The number of benzene rings is 1. The van der Waals surface area contributed by atoms with Crippen molar-refractivity contribution in [3.05, 3.63) is 53.1 Å². The van der Waals surface area contributed by atoms with Gasteiger partial charge in [0.15, 0.2) is 0 Å². The summed E-state index contributed by atoms with van der Waals surface area (Å²) >= 11 is 0. The molecular weight excluding hydrogens is 251 g/mol. The first kappa shape index (κ1) is 14.7. The number of aryl methyl sites for hydroxylation is 2. The van der Waals surface area contributed by atoms with Gasteiger partial charge in [-0.15, -0.1) is 0 Å². The van der Waals surface area contributed by atoms with E-state index in [-0.39, 0.29) is 5.82 Å². The number of hydrogen-bond donors (Lipinski definition) is 1. The average Bonchev–Trinajstić information content (AvgIpc) is 2.38. The smallest absolute Gasteiger partial charge is 0.131 e. The maximum Gasteiger partial charge on any atom is 0.131 e. The molecule has 2 nitrogen and oxygen atoms in total. The fraction of sp³-hybridized carbons (Fsp3) is 0.353. The van der Waals surface area contributed by atoms with Crippen molar-refractivity contribution in [2.45, 2.75) is 33.7 Å². The molecule has 0 aliphatic heterocycles. The molecule has 1 aromatic heterocycles. The molecule has 0 unspecified atom stereocenters. The third-order valence-electron chi connectivity index (χ3n) is 3.27. The Balaban J connectivity index is 2.31. The van der Waals surface area contributed by atoms with Crippen LogP contribution in [0.3, 0.4) is 0 Å². The predicted octanol–water partition coefficient (Wildman–Crippen LogP) is 4.00. The number of hydrogen-bond acceptors (Lipinski definition) is 2. The van der Waals surface area contributed by atoms with E-state index >= 15 is 0 Å². The molecular formula is C17H21FN2. The molecule has 1 N–H and O–H groups in total. The molecule has 20 heavy (non-hydrogen) atoms. The Morgan fingerprint density at radius 2 is 1.95 bits per heavy atom. The van der Waals surface area contributed by atoms with Gasteiger partial charge in [0, 0.05) is 30.1 Å². The van der Waals surface area contributed by atoms with E-state index in [0.29, 0.717) is 5.56 Å². The van der Waals surface area contributed by atoms with Crippen LogP contribution in [-0.2, 0) is 6.54 Å². The normalized spacial score (nSPS) is 10.8. The van der Waals surface area contributed by atoms with Gasteiger partial charge < -0.3 is 5.32 Å². The van der Waals surface area contributed by atoms with Crippen molar-refractivity contribution in [2.75, 3.05) is 6.54 Å². The first-order chi connectivity index (χ1) is 9.61. The number of rotatable bonds is 5. The summed E-state index contributed by atoms with van der Waals surface area (Å²) in [6.07, 6.45) is 4.65. The molecule has 0 radical (unpaired) electrons. The molecule has 0 atom stereocenters. The summed E-state index contributed by atoms with van der Waals surface area (Å²) in [7, 11) is 0. The van der Waals surface area contributed by atoms with Gasteiger partial charge in [0.2, 0.25) is 0 Å². The molecule has 0 aliphatic carbocycles. The first-order valence-corrected chi connectivity index (χ1v) is 7.03. The Hall–Kier alpha value is -1.74. The second kappa shape index (κ2) is 6.62. The van der Waals surface area contributed by atoms with Crippen LogP contribution in [-0.4, -0.2) is 11.5 Å². The van der Waals surface area contributed by atoms with Crippen LogP contribution in [0.2, 0.25) is 0 Å². The van der Waals surface area contributed by atoms with Crippen LogP contribution >= 0.6 is 0 Å². The lowest BCUT2D eigenvalue weighted by molar-refractivity contribution is 0.629. The first-order valence-electron chi connectivity index (χ1n) is 7.03. The Morgan fingerprint density at radius 3 is 2.65 bits per heavy atom. The Kier molecular flexibility index (Phi) is 4.85. The lowest BCUT2D eigenvalue weighted by atomic mass is 9.98. The molecule has 2 aromatic rings. The van der Waals surface area contributed by atoms with Gasteiger partial charge in [-0.3, -0.25) is 4.98 Å². The molecule has 0 saturated heterocycles. The average molecular weight is 272 g/mol. The minimum absolute atomic E-state index is 0.178. The highest BCUT2D eigenvalue weighted by Crippen LogP contribution is 2.27. The van der Waals surface area contributed by atoms with Gasteiger partial charge in [0.05, 0.1) is 0 Å². The Labute approximate surface area is 120 Å². The molecule has 0 bridgehead atoms. The van der Waals surface area contributed by atoms with E-state index in [2.05, 4.69) is 17.2 Å². The van der Waals surface area contributed by atoms with Gasteiger partial charge in [-0.2, -0.15) is 0 Å². The fourth-order valence-corrected chi connectivity index (χ4v) is 2.41. The van der Waals surface area contributed by atoms with Crippen LogP contribution in [0, 0.1) is 19.7 Å². The molecule has 1 aromatic carbocycles. The van der Waals surface area contributed by atoms with Crippen LogP contribution in [0.25, 0.3) is 11.1 Å². The SMILES string of the molecule is CCCNCc1cncc(-c2c(C)cc(C)cc2F)c1. The number of pyridine rings is 1. The lowest BCUT2D eigenvalue weighted by Crippen LogP contribution is -2.13. The molecule has 0 spiro atoms. The van der Waals surface area contributed by atoms with E-state index in [4.69, 9.17) is 0 Å². The van der Waals surface area contributed by atoms with Crippen LogP contribution in [0.4, 0.5) is 4.39 Å². The van der Waals surface area contributed by atoms with E-state index in [1.807, 2.05) is 32.2 Å². The molecule has 0 fully saturated rings. The summed E-state index contributed by atoms with van der Waals surface area (Å²) in [6.45, 7) is 7.71. The van der Waals surface area contributed by atoms with Crippen LogP contribution in [0.15, 0.2) is 30.6 Å². The Bertz CT molecular complexity index is 570. The number of aromatic nitrogens is 1. The van der Waals surface area contributed by atoms with E-state index in [1.54, 1.807) is 12.3 Å². The monoisotopic (exact) mass is 272 g/mol. The molecule has 0 aliphatic rings. The van der Waals surface area contributed by atoms with Gasteiger partial charge in [0.25, 0.3) is 0 Å². The Morgan fingerprint density at radius 1 is 1.15 bits per heavy atom. The standard InChI is InChI=1S/C17H21FN2/c1-4-5-19-9-14-8-15(11-20-10-14)17-13(3)6-12(2)7-16(17)18/h6-8,10-11,19H,4-5,9H2,1-3H3. The summed E-state index contributed by atoms with van der Waals surface area (Å²) in [5, 5.41) is 3.33. The zero-order valence-corrected chi connectivity index (χ0v) is 12.3. The molecule has 0 saturated carbocycles. The van der Waals surface area contributed by atoms with Crippen molar-refractivity contribution in [1.82, 2.24) is 10.3 Å². The predicted molar refractivity (Wildman–Crippen MR) is 81.1 cm³/mol. The molecule has 1 heterocycles. The number of nitrogens with one attached hydrogen (secondary N) is 1. The topological polar surface area (TPSA) is 24.9 Å². The molecule has 106 valence electrons. The van der Waals surface area contributed by atoms with Gasteiger partial charge in [0.1, 0.15) is 5.82 Å². The maximum atomic E-state index is 14.2. The van der Waals surface area contributed by atoms with Crippen molar-refractivity contribution in [2.24, 2.45) is 0 Å². The summed E-state index contributed by atoms with van der Waals surface area (Å²) < 4.78 is 14.2. The van der Waals surface area contributed by atoms with Gasteiger partial charge in [-0.05, 0) is 55.6 Å². The third kappa shape index (κ3) is 3.42. The van der Waals surface area contributed by atoms with E-state index < -0.39 is 0 Å². The summed E-state index contributed by atoms with van der Waals surface area (Å²) in [5.41, 5.74) is 4.46. The quantitative estimate of drug-likeness (QED) is 0.832.